The third kappa shape index (κ3) is 7.61. The van der Waals surface area contributed by atoms with E-state index in [1.165, 1.54) is 0 Å². The predicted octanol–water partition coefficient (Wildman–Crippen LogP) is 3.52. The normalized spacial score (nSPS) is 18.8. The van der Waals surface area contributed by atoms with Crippen LogP contribution in [0.1, 0.15) is 39.5 Å². The maximum atomic E-state index is 11.8. The van der Waals surface area contributed by atoms with Crippen LogP contribution in [0.2, 0.25) is 0 Å². The molecular formula is C18H22FeO2+2. The molecule has 2 aliphatic carbocycles. The van der Waals surface area contributed by atoms with Crippen molar-refractivity contribution >= 4 is 11.6 Å². The van der Waals surface area contributed by atoms with Gasteiger partial charge in [-0.25, -0.2) is 0 Å². The molecule has 0 aromatic rings. The number of carbonyl (C=O) groups excluding carboxylic acids is 2. The van der Waals surface area contributed by atoms with E-state index in [-0.39, 0.29) is 28.6 Å². The predicted molar refractivity (Wildman–Crippen MR) is 80.7 cm³/mol. The molecule has 2 rings (SSSR count). The molecule has 0 spiro atoms. The van der Waals surface area contributed by atoms with E-state index in [2.05, 4.69) is 6.92 Å². The number of Topliss-reactive ketones (excluding diaryl/α,β-unsaturated/α-hetero) is 2. The van der Waals surface area contributed by atoms with E-state index in [9.17, 15) is 9.59 Å². The monoisotopic (exact) mass is 326 g/mol. The van der Waals surface area contributed by atoms with Crippen LogP contribution >= 0.6 is 0 Å². The number of hydrogen-bond acceptors (Lipinski definition) is 2. The topological polar surface area (TPSA) is 34.1 Å². The molecule has 0 unspecified atom stereocenters. The van der Waals surface area contributed by atoms with Gasteiger partial charge in [0.2, 0.25) is 0 Å². The minimum atomic E-state index is 0. The standard InChI is InChI=1S/C13H17O2.C5H5.Fe/c1-3-5-9-13(15)11-8-6-7-10(11)12(14)4-2;1-2-4-5-3-1;/h6-8H,3-5,9H2,1-2H3;1-5H;/q;;+2. The van der Waals surface area contributed by atoms with Gasteiger partial charge in [-0.2, -0.15) is 0 Å². The first-order chi connectivity index (χ1) is 9.70. The summed E-state index contributed by atoms with van der Waals surface area (Å²) in [5.41, 5.74) is 0. The van der Waals surface area contributed by atoms with E-state index in [1.807, 2.05) is 39.0 Å². The molecule has 21 heavy (non-hydrogen) atoms. The zero-order valence-electron chi connectivity index (χ0n) is 12.6. The average Bonchev–Trinajstić information content (AvgIpc) is 3.16. The summed E-state index contributed by atoms with van der Waals surface area (Å²) in [7, 11) is 0. The molecule has 2 saturated carbocycles. The summed E-state index contributed by atoms with van der Waals surface area (Å²) in [5.74, 6) is 1.35. The first kappa shape index (κ1) is 20.9. The SMILES string of the molecule is CCCCC(=O)[C]1[CH][CH][CH][C]1C(=O)CC.[CH]1[CH][CH][CH][CH]1.[Fe+2]. The van der Waals surface area contributed by atoms with Gasteiger partial charge in [-0.1, -0.05) is 20.3 Å². The molecule has 0 aromatic heterocycles. The third-order valence-electron chi connectivity index (χ3n) is 3.05. The van der Waals surface area contributed by atoms with Gasteiger partial charge in [0.25, 0.3) is 0 Å². The van der Waals surface area contributed by atoms with E-state index >= 15 is 0 Å². The van der Waals surface area contributed by atoms with E-state index in [1.54, 1.807) is 19.3 Å². The fraction of sp³-hybridized carbons (Fsp3) is 0.333. The Labute approximate surface area is 141 Å². The van der Waals surface area contributed by atoms with Crippen LogP contribution in [0.4, 0.5) is 0 Å². The molecule has 2 aliphatic rings. The molecule has 0 heterocycles. The molecule has 0 atom stereocenters. The minimum Gasteiger partial charge on any atom is -0.299 e. The Balaban J connectivity index is 0.000000562. The van der Waals surface area contributed by atoms with Crippen LogP contribution < -0.4 is 0 Å². The fourth-order valence-corrected chi connectivity index (χ4v) is 1.89. The smallest absolute Gasteiger partial charge is 0.299 e. The van der Waals surface area contributed by atoms with Gasteiger partial charge >= 0.3 is 17.1 Å². The van der Waals surface area contributed by atoms with E-state index < -0.39 is 0 Å². The second kappa shape index (κ2) is 12.4. The zero-order chi connectivity index (χ0) is 14.8. The molecule has 0 aliphatic heterocycles. The summed E-state index contributed by atoms with van der Waals surface area (Å²) < 4.78 is 0. The first-order valence-corrected chi connectivity index (χ1v) is 7.19. The molecule has 10 radical (unpaired) electrons. The van der Waals surface area contributed by atoms with Crippen molar-refractivity contribution in [2.45, 2.75) is 39.5 Å². The van der Waals surface area contributed by atoms with E-state index in [4.69, 9.17) is 0 Å². The van der Waals surface area contributed by atoms with Crippen LogP contribution in [0.3, 0.4) is 0 Å². The van der Waals surface area contributed by atoms with Gasteiger partial charge in [0.05, 0.1) is 11.8 Å². The molecule has 0 bridgehead atoms. The van der Waals surface area contributed by atoms with Gasteiger partial charge < -0.3 is 0 Å². The molecule has 3 heteroatoms. The van der Waals surface area contributed by atoms with Gasteiger partial charge in [0.15, 0.2) is 0 Å². The Kier molecular flexibility index (Phi) is 12.3. The summed E-state index contributed by atoms with van der Waals surface area (Å²) in [5, 5.41) is 0. The van der Waals surface area contributed by atoms with Gasteiger partial charge in [0.1, 0.15) is 11.6 Å². The van der Waals surface area contributed by atoms with Gasteiger partial charge in [-0.05, 0) is 57.8 Å². The second-order valence-electron chi connectivity index (χ2n) is 4.62. The van der Waals surface area contributed by atoms with Gasteiger partial charge in [0, 0.05) is 12.8 Å². The number of rotatable bonds is 6. The molecule has 0 amide bonds. The van der Waals surface area contributed by atoms with Crippen LogP contribution in [0.15, 0.2) is 0 Å². The van der Waals surface area contributed by atoms with Crippen molar-refractivity contribution in [2.75, 3.05) is 0 Å². The first-order valence-electron chi connectivity index (χ1n) is 7.19. The van der Waals surface area contributed by atoms with Crippen LogP contribution in [0.25, 0.3) is 0 Å². The molecule has 0 N–H and O–H groups in total. The van der Waals surface area contributed by atoms with Crippen molar-refractivity contribution in [3.05, 3.63) is 63.2 Å². The Hall–Kier alpha value is -0.141. The molecule has 2 nitrogen and oxygen atoms in total. The van der Waals surface area contributed by atoms with Crippen LogP contribution in [0.5, 0.6) is 0 Å². The maximum absolute atomic E-state index is 11.8. The van der Waals surface area contributed by atoms with Crippen molar-refractivity contribution < 1.29 is 26.7 Å². The summed E-state index contributed by atoms with van der Waals surface area (Å²) in [6, 6.07) is 0. The van der Waals surface area contributed by atoms with E-state index in [0.717, 1.165) is 12.8 Å². The second-order valence-corrected chi connectivity index (χ2v) is 4.62. The molecule has 0 saturated heterocycles. The van der Waals surface area contributed by atoms with Crippen molar-refractivity contribution in [1.29, 1.82) is 0 Å². The fourth-order valence-electron chi connectivity index (χ4n) is 1.89. The van der Waals surface area contributed by atoms with Crippen molar-refractivity contribution in [3.8, 4) is 0 Å². The maximum Gasteiger partial charge on any atom is 2.00 e. The number of ketones is 2. The van der Waals surface area contributed by atoms with Crippen LogP contribution in [-0.2, 0) is 26.7 Å². The Morgan fingerprint density at radius 3 is 1.71 bits per heavy atom. The zero-order valence-corrected chi connectivity index (χ0v) is 13.7. The molecule has 2 fully saturated rings. The third-order valence-corrected chi connectivity index (χ3v) is 3.05. The number of hydrogen-bond donors (Lipinski definition) is 0. The van der Waals surface area contributed by atoms with Crippen molar-refractivity contribution in [1.82, 2.24) is 0 Å². The van der Waals surface area contributed by atoms with E-state index in [0.29, 0.717) is 24.7 Å². The van der Waals surface area contributed by atoms with Gasteiger partial charge in [-0.3, -0.25) is 9.59 Å². The van der Waals surface area contributed by atoms with Gasteiger partial charge in [-0.15, -0.1) is 0 Å². The van der Waals surface area contributed by atoms with Crippen LogP contribution in [-0.4, -0.2) is 11.6 Å². The minimum absolute atomic E-state index is 0. The van der Waals surface area contributed by atoms with Crippen molar-refractivity contribution in [2.24, 2.45) is 0 Å². The summed E-state index contributed by atoms with van der Waals surface area (Å²) in [6.45, 7) is 3.87. The average molecular weight is 326 g/mol. The van der Waals surface area contributed by atoms with Crippen LogP contribution in [0, 0.1) is 63.2 Å². The Morgan fingerprint density at radius 2 is 1.29 bits per heavy atom. The Morgan fingerprint density at radius 1 is 0.810 bits per heavy atom. The quantitative estimate of drug-likeness (QED) is 0.700. The number of unbranched alkanes of at least 4 members (excludes halogenated alkanes) is 1. The summed E-state index contributed by atoms with van der Waals surface area (Å²) in [4.78, 5) is 23.3. The molecule has 112 valence electrons. The number of carbonyl (C=O) groups is 2. The summed E-state index contributed by atoms with van der Waals surface area (Å²) >= 11 is 0. The molecular weight excluding hydrogens is 304 g/mol. The Bertz CT molecular complexity index is 290. The largest absolute Gasteiger partial charge is 2.00 e. The summed E-state index contributed by atoms with van der Waals surface area (Å²) in [6.07, 6.45) is 18.2. The van der Waals surface area contributed by atoms with Crippen molar-refractivity contribution in [3.63, 3.8) is 0 Å². The molecule has 0 aromatic carbocycles.